The van der Waals surface area contributed by atoms with E-state index in [9.17, 15) is 0 Å². The van der Waals surface area contributed by atoms with Crippen LogP contribution in [-0.4, -0.2) is 42.8 Å². The molecule has 0 aliphatic heterocycles. The molecule has 0 aromatic heterocycles. The summed E-state index contributed by atoms with van der Waals surface area (Å²) in [5.41, 5.74) is 10.6. The van der Waals surface area contributed by atoms with Crippen molar-refractivity contribution in [2.24, 2.45) is 11.5 Å². The maximum absolute atomic E-state index is 5.31. The van der Waals surface area contributed by atoms with Crippen LogP contribution in [0.15, 0.2) is 0 Å². The van der Waals surface area contributed by atoms with Crippen molar-refractivity contribution in [3.05, 3.63) is 0 Å². The van der Waals surface area contributed by atoms with Crippen molar-refractivity contribution in [1.29, 1.82) is 0 Å². The maximum atomic E-state index is 5.31. The molecule has 0 heterocycles. The van der Waals surface area contributed by atoms with Gasteiger partial charge in [0, 0.05) is 0 Å². The summed E-state index contributed by atoms with van der Waals surface area (Å²) in [7, 11) is 4.01. The second-order valence-corrected chi connectivity index (χ2v) is 10.7. The van der Waals surface area contributed by atoms with Crippen LogP contribution in [0.4, 0.5) is 0 Å². The molecule has 9 heavy (non-hydrogen) atoms. The molecular formula is C4H12N2S2Te. The number of hydrogen-bond acceptors (Lipinski definition) is 4. The van der Waals surface area contributed by atoms with Crippen molar-refractivity contribution in [2.75, 3.05) is 24.6 Å². The Bertz CT molecular complexity index is 49.8. The zero-order chi connectivity index (χ0) is 6.95. The van der Waals surface area contributed by atoms with Crippen molar-refractivity contribution in [1.82, 2.24) is 0 Å². The molecule has 0 aliphatic carbocycles. The average Bonchev–Trinajstić information content (AvgIpc) is 1.89. The van der Waals surface area contributed by atoms with Crippen molar-refractivity contribution in [3.8, 4) is 0 Å². The Kier molecular flexibility index (Phi) is 10.9. The molecular weight excluding hydrogens is 268 g/mol. The monoisotopic (exact) mass is 282 g/mol. The fourth-order valence-electron chi connectivity index (χ4n) is 0.198. The predicted molar refractivity (Wildman–Crippen MR) is 48.8 cm³/mol. The van der Waals surface area contributed by atoms with Gasteiger partial charge in [0.15, 0.2) is 0 Å². The van der Waals surface area contributed by atoms with Crippen LogP contribution in [-0.2, 0) is 0 Å². The molecule has 0 rings (SSSR count). The van der Waals surface area contributed by atoms with E-state index in [1.165, 1.54) is 0 Å². The van der Waals surface area contributed by atoms with Crippen molar-refractivity contribution in [2.45, 2.75) is 0 Å². The Morgan fingerprint density at radius 1 is 1.00 bits per heavy atom. The Morgan fingerprint density at radius 2 is 1.44 bits per heavy atom. The molecule has 0 amide bonds. The van der Waals surface area contributed by atoms with E-state index in [1.54, 1.807) is 0 Å². The van der Waals surface area contributed by atoms with Crippen LogP contribution in [0.3, 0.4) is 0 Å². The van der Waals surface area contributed by atoms with Gasteiger partial charge in [-0.2, -0.15) is 0 Å². The fraction of sp³-hybridized carbons (Fsp3) is 1.00. The first kappa shape index (κ1) is 10.4. The minimum absolute atomic E-state index is 0.131. The SMILES string of the molecule is NCCS[Te]SCCN. The second-order valence-electron chi connectivity index (χ2n) is 1.29. The van der Waals surface area contributed by atoms with Gasteiger partial charge < -0.3 is 0 Å². The van der Waals surface area contributed by atoms with Crippen LogP contribution < -0.4 is 11.5 Å². The number of rotatable bonds is 6. The first-order chi connectivity index (χ1) is 4.41. The minimum atomic E-state index is 0.131. The molecule has 0 saturated heterocycles. The summed E-state index contributed by atoms with van der Waals surface area (Å²) in [4.78, 5) is 0. The topological polar surface area (TPSA) is 52.0 Å². The molecule has 0 fully saturated rings. The van der Waals surface area contributed by atoms with E-state index in [0.29, 0.717) is 0 Å². The summed E-state index contributed by atoms with van der Waals surface area (Å²) in [6.45, 7) is 1.64. The molecule has 0 aromatic carbocycles. The van der Waals surface area contributed by atoms with Crippen molar-refractivity contribution < 1.29 is 0 Å². The molecule has 0 bridgehead atoms. The van der Waals surface area contributed by atoms with Crippen LogP contribution in [0.25, 0.3) is 0 Å². The molecule has 0 aliphatic rings. The van der Waals surface area contributed by atoms with E-state index >= 15 is 0 Å². The van der Waals surface area contributed by atoms with Gasteiger partial charge >= 0.3 is 72.2 Å². The first-order valence-electron chi connectivity index (χ1n) is 2.73. The number of hydrogen-bond donors (Lipinski definition) is 2. The van der Waals surface area contributed by atoms with Gasteiger partial charge in [0.05, 0.1) is 0 Å². The van der Waals surface area contributed by atoms with Crippen LogP contribution >= 0.6 is 18.0 Å². The third kappa shape index (κ3) is 9.41. The predicted octanol–water partition coefficient (Wildman–Crippen LogP) is -0.0956. The van der Waals surface area contributed by atoms with Crippen LogP contribution in [0.5, 0.6) is 0 Å². The quantitative estimate of drug-likeness (QED) is 0.527. The van der Waals surface area contributed by atoms with E-state index in [2.05, 4.69) is 0 Å². The van der Waals surface area contributed by atoms with Gasteiger partial charge in [-0.3, -0.25) is 0 Å². The summed E-state index contributed by atoms with van der Waals surface area (Å²) in [6.07, 6.45) is 0. The summed E-state index contributed by atoms with van der Waals surface area (Å²) < 4.78 is 0. The summed E-state index contributed by atoms with van der Waals surface area (Å²) >= 11 is 0.131. The van der Waals surface area contributed by atoms with Gasteiger partial charge in [-0.25, -0.2) is 0 Å². The summed E-state index contributed by atoms with van der Waals surface area (Å²) in [5.74, 6) is 2.25. The fourth-order valence-corrected chi connectivity index (χ4v) is 8.10. The van der Waals surface area contributed by atoms with E-state index in [-0.39, 0.29) is 18.2 Å². The van der Waals surface area contributed by atoms with Gasteiger partial charge in [0.25, 0.3) is 0 Å². The molecule has 5 heteroatoms. The molecule has 56 valence electrons. The third-order valence-corrected chi connectivity index (χ3v) is 9.87. The van der Waals surface area contributed by atoms with E-state index in [1.807, 2.05) is 18.0 Å². The van der Waals surface area contributed by atoms with E-state index in [4.69, 9.17) is 11.5 Å². The molecule has 0 unspecified atom stereocenters. The molecule has 0 aromatic rings. The average molecular weight is 280 g/mol. The molecule has 0 atom stereocenters. The Labute approximate surface area is 71.9 Å². The van der Waals surface area contributed by atoms with E-state index < -0.39 is 0 Å². The van der Waals surface area contributed by atoms with Gasteiger partial charge in [0.2, 0.25) is 0 Å². The zero-order valence-corrected chi connectivity index (χ0v) is 9.17. The molecule has 4 N–H and O–H groups in total. The first-order valence-corrected chi connectivity index (χ1v) is 10.3. The molecule has 2 nitrogen and oxygen atoms in total. The van der Waals surface area contributed by atoms with Crippen molar-refractivity contribution >= 4 is 36.2 Å². The van der Waals surface area contributed by atoms with Crippen LogP contribution in [0, 0.1) is 0 Å². The summed E-state index contributed by atoms with van der Waals surface area (Å²) in [5, 5.41) is 0. The Hall–Kier alpha value is 1.41. The number of nitrogens with two attached hydrogens (primary N) is 2. The van der Waals surface area contributed by atoms with Crippen molar-refractivity contribution in [3.63, 3.8) is 0 Å². The van der Waals surface area contributed by atoms with Gasteiger partial charge in [0.1, 0.15) is 0 Å². The molecule has 0 radical (unpaired) electrons. The van der Waals surface area contributed by atoms with Gasteiger partial charge in [-0.15, -0.1) is 0 Å². The van der Waals surface area contributed by atoms with Gasteiger partial charge in [-0.05, 0) is 0 Å². The zero-order valence-electron chi connectivity index (χ0n) is 5.21. The molecule has 0 spiro atoms. The van der Waals surface area contributed by atoms with Crippen LogP contribution in [0.1, 0.15) is 0 Å². The van der Waals surface area contributed by atoms with Crippen LogP contribution in [0.2, 0.25) is 0 Å². The third-order valence-electron chi connectivity index (χ3n) is 0.499. The molecule has 0 saturated carbocycles. The second kappa shape index (κ2) is 9.41. The standard InChI is InChI=1S/C4H12N2S2Te/c5-1-3-7-9-8-4-2-6/h1-6H2. The van der Waals surface area contributed by atoms with E-state index in [0.717, 1.165) is 24.6 Å². The van der Waals surface area contributed by atoms with Gasteiger partial charge in [-0.1, -0.05) is 0 Å². The Balaban J connectivity index is 2.60. The Morgan fingerprint density at radius 3 is 1.78 bits per heavy atom. The summed E-state index contributed by atoms with van der Waals surface area (Å²) in [6, 6.07) is 0. The normalized spacial score (nSPS) is 10.0.